The molecule has 1 amide bonds. The molecular formula is C22H28N2O6S2. The third-order valence-corrected chi connectivity index (χ3v) is 8.65. The molecule has 1 aromatic carbocycles. The minimum absolute atomic E-state index is 0.131. The average Bonchev–Trinajstić information content (AvgIpc) is 3.34. The van der Waals surface area contributed by atoms with E-state index in [1.807, 2.05) is 0 Å². The molecule has 1 aliphatic rings. The van der Waals surface area contributed by atoms with Crippen LogP contribution in [-0.2, 0) is 24.3 Å². The van der Waals surface area contributed by atoms with Crippen molar-refractivity contribution in [3.63, 3.8) is 0 Å². The van der Waals surface area contributed by atoms with Crippen LogP contribution in [0.1, 0.15) is 32.6 Å². The van der Waals surface area contributed by atoms with Crippen molar-refractivity contribution in [2.24, 2.45) is 5.92 Å². The first-order chi connectivity index (χ1) is 15.3. The molecule has 2 unspecified atom stereocenters. The van der Waals surface area contributed by atoms with E-state index < -0.39 is 16.0 Å². The monoisotopic (exact) mass is 480 g/mol. The smallest absolute Gasteiger partial charge is 0.344 e. The molecule has 0 aliphatic heterocycles. The molecule has 1 fully saturated rings. The first kappa shape index (κ1) is 24.1. The van der Waals surface area contributed by atoms with Gasteiger partial charge in [-0.2, -0.15) is 0 Å². The van der Waals surface area contributed by atoms with E-state index in [1.165, 1.54) is 17.8 Å². The molecule has 1 aromatic heterocycles. The fourth-order valence-corrected chi connectivity index (χ4v) is 5.90. The molecule has 1 aliphatic carbocycles. The lowest BCUT2D eigenvalue weighted by molar-refractivity contribution is -0.150. The Bertz CT molecular complexity index is 1010. The Morgan fingerprint density at radius 2 is 1.84 bits per heavy atom. The standard InChI is InChI=1S/C22H28N2O6S2/c1-16-6-3-4-7-19(16)23-20(25)14-30-21(26)15-29-18-11-9-17(10-12-18)24(2)32(27,28)22-8-5-13-31-22/h5,8-13,16,19H,3-4,6-7,14-15H2,1-2H3,(H,23,25). The van der Waals surface area contributed by atoms with E-state index in [4.69, 9.17) is 9.47 Å². The van der Waals surface area contributed by atoms with E-state index in [0.29, 0.717) is 17.4 Å². The minimum Gasteiger partial charge on any atom is -0.482 e. The largest absolute Gasteiger partial charge is 0.482 e. The highest BCUT2D eigenvalue weighted by molar-refractivity contribution is 7.94. The van der Waals surface area contributed by atoms with Crippen LogP contribution in [0, 0.1) is 5.92 Å². The maximum absolute atomic E-state index is 12.6. The molecule has 1 heterocycles. The second-order valence-electron chi connectivity index (χ2n) is 7.78. The van der Waals surface area contributed by atoms with E-state index in [-0.39, 0.29) is 29.4 Å². The van der Waals surface area contributed by atoms with Crippen LogP contribution >= 0.6 is 11.3 Å². The molecule has 0 bridgehead atoms. The number of nitrogens with one attached hydrogen (secondary N) is 1. The van der Waals surface area contributed by atoms with E-state index in [1.54, 1.807) is 41.8 Å². The number of amides is 1. The average molecular weight is 481 g/mol. The number of sulfonamides is 1. The molecule has 0 saturated heterocycles. The van der Waals surface area contributed by atoms with Crippen LogP contribution in [0.2, 0.25) is 0 Å². The van der Waals surface area contributed by atoms with Crippen molar-refractivity contribution >= 4 is 38.9 Å². The summed E-state index contributed by atoms with van der Waals surface area (Å²) in [6, 6.07) is 9.68. The highest BCUT2D eigenvalue weighted by Crippen LogP contribution is 2.26. The van der Waals surface area contributed by atoms with Crippen LogP contribution in [-0.4, -0.2) is 46.6 Å². The van der Waals surface area contributed by atoms with Gasteiger partial charge in [0.25, 0.3) is 15.9 Å². The number of rotatable bonds is 9. The third kappa shape index (κ3) is 6.23. The number of carbonyl (C=O) groups is 2. The van der Waals surface area contributed by atoms with Crippen LogP contribution < -0.4 is 14.4 Å². The van der Waals surface area contributed by atoms with Gasteiger partial charge in [-0.15, -0.1) is 11.3 Å². The fraction of sp³-hybridized carbons (Fsp3) is 0.455. The van der Waals surface area contributed by atoms with Gasteiger partial charge in [-0.3, -0.25) is 9.10 Å². The predicted octanol–water partition coefficient (Wildman–Crippen LogP) is 3.19. The lowest BCUT2D eigenvalue weighted by atomic mass is 9.86. The summed E-state index contributed by atoms with van der Waals surface area (Å²) in [5.41, 5.74) is 0.460. The number of hydrogen-bond donors (Lipinski definition) is 1. The zero-order valence-corrected chi connectivity index (χ0v) is 19.8. The summed E-state index contributed by atoms with van der Waals surface area (Å²) in [7, 11) is -2.14. The zero-order valence-electron chi connectivity index (χ0n) is 18.2. The Morgan fingerprint density at radius 3 is 2.50 bits per heavy atom. The van der Waals surface area contributed by atoms with Crippen LogP contribution in [0.25, 0.3) is 0 Å². The first-order valence-electron chi connectivity index (χ1n) is 10.5. The second-order valence-corrected chi connectivity index (χ2v) is 10.9. The van der Waals surface area contributed by atoms with Gasteiger partial charge in [0.15, 0.2) is 13.2 Å². The van der Waals surface area contributed by atoms with Crippen LogP contribution in [0.4, 0.5) is 5.69 Å². The molecule has 2 atom stereocenters. The van der Waals surface area contributed by atoms with Crippen LogP contribution in [0.15, 0.2) is 46.0 Å². The fourth-order valence-electron chi connectivity index (χ4n) is 3.55. The van der Waals surface area contributed by atoms with Gasteiger partial charge in [-0.25, -0.2) is 13.2 Å². The van der Waals surface area contributed by atoms with Crippen molar-refractivity contribution in [3.05, 3.63) is 41.8 Å². The molecule has 8 nitrogen and oxygen atoms in total. The van der Waals surface area contributed by atoms with Gasteiger partial charge < -0.3 is 14.8 Å². The van der Waals surface area contributed by atoms with Crippen molar-refractivity contribution in [1.29, 1.82) is 0 Å². The number of benzene rings is 1. The molecule has 1 saturated carbocycles. The van der Waals surface area contributed by atoms with Crippen LogP contribution in [0.3, 0.4) is 0 Å². The molecule has 1 N–H and O–H groups in total. The maximum Gasteiger partial charge on any atom is 0.344 e. The van der Waals surface area contributed by atoms with Crippen molar-refractivity contribution < 1.29 is 27.5 Å². The number of esters is 1. The molecule has 10 heteroatoms. The first-order valence-corrected chi connectivity index (χ1v) is 12.8. The highest BCUT2D eigenvalue weighted by Gasteiger charge is 2.24. The Hall–Kier alpha value is -2.59. The Morgan fingerprint density at radius 1 is 1.12 bits per heavy atom. The van der Waals surface area contributed by atoms with E-state index in [9.17, 15) is 18.0 Å². The topological polar surface area (TPSA) is 102 Å². The summed E-state index contributed by atoms with van der Waals surface area (Å²) < 4.78 is 37.0. The van der Waals surface area contributed by atoms with Gasteiger partial charge in [0, 0.05) is 13.1 Å². The number of hydrogen-bond acceptors (Lipinski definition) is 7. The molecular weight excluding hydrogens is 452 g/mol. The van der Waals surface area contributed by atoms with Crippen molar-refractivity contribution in [1.82, 2.24) is 5.32 Å². The molecule has 0 spiro atoms. The summed E-state index contributed by atoms with van der Waals surface area (Å²) in [6.07, 6.45) is 4.32. The molecule has 3 rings (SSSR count). The van der Waals surface area contributed by atoms with Gasteiger partial charge in [-0.1, -0.05) is 25.8 Å². The quantitative estimate of drug-likeness (QED) is 0.553. The van der Waals surface area contributed by atoms with Gasteiger partial charge in [0.2, 0.25) is 0 Å². The molecule has 0 radical (unpaired) electrons. The van der Waals surface area contributed by atoms with Gasteiger partial charge in [-0.05, 0) is 54.5 Å². The third-order valence-electron chi connectivity index (χ3n) is 5.49. The normalized spacial score (nSPS) is 18.6. The molecule has 2 aromatic rings. The van der Waals surface area contributed by atoms with Crippen molar-refractivity contribution in [2.45, 2.75) is 42.9 Å². The molecule has 32 heavy (non-hydrogen) atoms. The Labute approximate surface area is 192 Å². The second kappa shape index (κ2) is 10.8. The van der Waals surface area contributed by atoms with Crippen molar-refractivity contribution in [3.8, 4) is 5.75 Å². The summed E-state index contributed by atoms with van der Waals surface area (Å²) in [5.74, 6) is -0.156. The van der Waals surface area contributed by atoms with Gasteiger partial charge in [0.1, 0.15) is 9.96 Å². The summed E-state index contributed by atoms with van der Waals surface area (Å²) in [6.45, 7) is 1.43. The van der Waals surface area contributed by atoms with E-state index in [2.05, 4.69) is 12.2 Å². The lowest BCUT2D eigenvalue weighted by Crippen LogP contribution is -2.43. The van der Waals surface area contributed by atoms with E-state index in [0.717, 1.165) is 30.6 Å². The zero-order chi connectivity index (χ0) is 23.1. The number of thiophene rings is 1. The van der Waals surface area contributed by atoms with Gasteiger partial charge in [0.05, 0.1) is 5.69 Å². The Kier molecular flexibility index (Phi) is 8.14. The summed E-state index contributed by atoms with van der Waals surface area (Å²) in [5, 5.41) is 4.63. The van der Waals surface area contributed by atoms with Gasteiger partial charge >= 0.3 is 5.97 Å². The Balaban J connectivity index is 1.43. The minimum atomic E-state index is -3.62. The van der Waals surface area contributed by atoms with Crippen LogP contribution in [0.5, 0.6) is 5.75 Å². The van der Waals surface area contributed by atoms with E-state index >= 15 is 0 Å². The number of anilines is 1. The predicted molar refractivity (Wildman–Crippen MR) is 122 cm³/mol. The maximum atomic E-state index is 12.6. The van der Waals surface area contributed by atoms with Crippen molar-refractivity contribution in [2.75, 3.05) is 24.6 Å². The molecule has 174 valence electrons. The number of nitrogens with zero attached hydrogens (tertiary/aromatic N) is 1. The summed E-state index contributed by atoms with van der Waals surface area (Å²) in [4.78, 5) is 23.9. The number of ether oxygens (including phenoxy) is 2. The summed E-state index contributed by atoms with van der Waals surface area (Å²) >= 11 is 1.15. The lowest BCUT2D eigenvalue weighted by Gasteiger charge is -2.29. The number of carbonyl (C=O) groups excluding carboxylic acids is 2. The SMILES string of the molecule is CC1CCCCC1NC(=O)COC(=O)COc1ccc(N(C)S(=O)(=O)c2cccs2)cc1. The highest BCUT2D eigenvalue weighted by atomic mass is 32.2.